The number of hydrogen-bond acceptors (Lipinski definition) is 2. The first-order valence-electron chi connectivity index (χ1n) is 7.95. The molecule has 2 aromatic carbocycles. The summed E-state index contributed by atoms with van der Waals surface area (Å²) in [6, 6.07) is 19.5. The zero-order chi connectivity index (χ0) is 17.4. The van der Waals surface area contributed by atoms with E-state index in [0.29, 0.717) is 6.54 Å². The fraction of sp³-hybridized carbons (Fsp3) is 0.263. The highest BCUT2D eigenvalue weighted by Crippen LogP contribution is 2.27. The lowest BCUT2D eigenvalue weighted by Gasteiger charge is -2.19. The van der Waals surface area contributed by atoms with Crippen LogP contribution in [0, 0.1) is 0 Å². The Morgan fingerprint density at radius 2 is 1.46 bits per heavy atom. The number of nitrogens with one attached hydrogen (secondary N) is 2. The van der Waals surface area contributed by atoms with Crippen LogP contribution in [0.1, 0.15) is 30.4 Å². The van der Waals surface area contributed by atoms with Gasteiger partial charge in [-0.1, -0.05) is 60.7 Å². The summed E-state index contributed by atoms with van der Waals surface area (Å²) in [6.45, 7) is 1.99. The summed E-state index contributed by atoms with van der Waals surface area (Å²) < 4.78 is 0. The maximum atomic E-state index is 11.9. The zero-order valence-electron chi connectivity index (χ0n) is 13.6. The van der Waals surface area contributed by atoms with E-state index in [1.165, 1.54) is 18.1 Å². The Labute approximate surface area is 141 Å². The molecule has 126 valence electrons. The molecular formula is C19H22N2O3. The predicted octanol–water partition coefficient (Wildman–Crippen LogP) is 2.98. The molecule has 0 heterocycles. The lowest BCUT2D eigenvalue weighted by molar-refractivity contribution is -0.122. The molecule has 0 aromatic heterocycles. The van der Waals surface area contributed by atoms with E-state index in [2.05, 4.69) is 34.9 Å². The molecule has 0 aliphatic heterocycles. The Kier molecular flexibility index (Phi) is 6.37. The molecule has 0 aliphatic rings. The number of carbonyl (C=O) groups is 2. The van der Waals surface area contributed by atoms with Crippen molar-refractivity contribution in [2.24, 2.45) is 0 Å². The Morgan fingerprint density at radius 1 is 0.958 bits per heavy atom. The Balaban J connectivity index is 2.00. The average molecular weight is 326 g/mol. The summed E-state index contributed by atoms with van der Waals surface area (Å²) in [6.07, 6.45) is -0.469. The van der Waals surface area contributed by atoms with E-state index in [4.69, 9.17) is 5.11 Å². The topological polar surface area (TPSA) is 78.4 Å². The molecule has 0 fully saturated rings. The van der Waals surface area contributed by atoms with Crippen molar-refractivity contribution in [2.75, 3.05) is 6.54 Å². The van der Waals surface area contributed by atoms with Gasteiger partial charge in [0.25, 0.3) is 0 Å². The highest BCUT2D eigenvalue weighted by molar-refractivity contribution is 5.84. The Morgan fingerprint density at radius 3 is 1.92 bits per heavy atom. The quantitative estimate of drug-likeness (QED) is 0.732. The first-order valence-corrected chi connectivity index (χ1v) is 7.95. The van der Waals surface area contributed by atoms with Crippen molar-refractivity contribution in [1.82, 2.24) is 10.6 Å². The van der Waals surface area contributed by atoms with Crippen LogP contribution in [-0.2, 0) is 4.79 Å². The monoisotopic (exact) mass is 326 g/mol. The van der Waals surface area contributed by atoms with E-state index in [1.54, 1.807) is 0 Å². The highest BCUT2D eigenvalue weighted by atomic mass is 16.4. The van der Waals surface area contributed by atoms with E-state index < -0.39 is 12.1 Å². The van der Waals surface area contributed by atoms with Crippen LogP contribution in [0.25, 0.3) is 0 Å². The minimum absolute atomic E-state index is 0.176. The molecule has 0 unspecified atom stereocenters. The van der Waals surface area contributed by atoms with Crippen molar-refractivity contribution in [3.63, 3.8) is 0 Å². The molecule has 24 heavy (non-hydrogen) atoms. The van der Waals surface area contributed by atoms with Gasteiger partial charge in [-0.3, -0.25) is 4.79 Å². The molecule has 2 aromatic rings. The number of carboxylic acid groups (broad SMARTS) is 1. The molecule has 0 radical (unpaired) electrons. The van der Waals surface area contributed by atoms with Gasteiger partial charge in [-0.25, -0.2) is 4.79 Å². The number of hydrogen-bond donors (Lipinski definition) is 3. The van der Waals surface area contributed by atoms with Gasteiger partial charge in [0.2, 0.25) is 5.91 Å². The predicted molar refractivity (Wildman–Crippen MR) is 93.0 cm³/mol. The second-order valence-corrected chi connectivity index (χ2v) is 5.62. The molecule has 0 spiro atoms. The molecule has 0 saturated carbocycles. The molecule has 2 rings (SSSR count). The van der Waals surface area contributed by atoms with Crippen LogP contribution in [0.4, 0.5) is 4.79 Å². The lowest BCUT2D eigenvalue weighted by Crippen LogP contribution is -2.44. The minimum Gasteiger partial charge on any atom is -0.465 e. The molecule has 0 bridgehead atoms. The maximum absolute atomic E-state index is 11.9. The fourth-order valence-electron chi connectivity index (χ4n) is 2.64. The standard InChI is InChI=1S/C19H22N2O3/c1-14(21-19(23)24)18(22)20-13-12-17(15-8-4-2-5-9-15)16-10-6-3-7-11-16/h2-11,14,17,21H,12-13H2,1H3,(H,20,22)(H,23,24)/t14-/m1/s1. The summed E-state index contributed by atoms with van der Waals surface area (Å²) in [7, 11) is 0. The summed E-state index contributed by atoms with van der Waals surface area (Å²) in [4.78, 5) is 22.5. The largest absolute Gasteiger partial charge is 0.465 e. The van der Waals surface area contributed by atoms with Crippen molar-refractivity contribution in [3.05, 3.63) is 71.8 Å². The van der Waals surface area contributed by atoms with Crippen LogP contribution in [-0.4, -0.2) is 29.7 Å². The summed E-state index contributed by atoms with van der Waals surface area (Å²) in [5.74, 6) is -0.146. The van der Waals surface area contributed by atoms with Gasteiger partial charge in [0.1, 0.15) is 6.04 Å². The Bertz CT molecular complexity index is 619. The number of rotatable bonds is 7. The van der Waals surface area contributed by atoms with E-state index in [-0.39, 0.29) is 11.8 Å². The van der Waals surface area contributed by atoms with Crippen LogP contribution >= 0.6 is 0 Å². The molecule has 0 saturated heterocycles. The van der Waals surface area contributed by atoms with E-state index in [1.807, 2.05) is 36.4 Å². The highest BCUT2D eigenvalue weighted by Gasteiger charge is 2.17. The van der Waals surface area contributed by atoms with Gasteiger partial charge in [0.15, 0.2) is 0 Å². The second-order valence-electron chi connectivity index (χ2n) is 5.62. The molecule has 5 nitrogen and oxygen atoms in total. The third-order valence-corrected chi connectivity index (χ3v) is 3.87. The minimum atomic E-state index is -1.20. The van der Waals surface area contributed by atoms with Crippen LogP contribution in [0.15, 0.2) is 60.7 Å². The third-order valence-electron chi connectivity index (χ3n) is 3.87. The SMILES string of the molecule is C[C@@H](NC(=O)O)C(=O)NCCC(c1ccccc1)c1ccccc1. The Hall–Kier alpha value is -2.82. The van der Waals surface area contributed by atoms with Gasteiger partial charge in [-0.05, 0) is 24.5 Å². The second kappa shape index (κ2) is 8.72. The summed E-state index contributed by atoms with van der Waals surface area (Å²) >= 11 is 0. The fourth-order valence-corrected chi connectivity index (χ4v) is 2.64. The van der Waals surface area contributed by atoms with Gasteiger partial charge in [0.05, 0.1) is 0 Å². The molecule has 0 aliphatic carbocycles. The van der Waals surface area contributed by atoms with Gasteiger partial charge in [-0.2, -0.15) is 0 Å². The van der Waals surface area contributed by atoms with Gasteiger partial charge < -0.3 is 15.7 Å². The van der Waals surface area contributed by atoms with E-state index in [0.717, 1.165) is 6.42 Å². The molecule has 3 N–H and O–H groups in total. The van der Waals surface area contributed by atoms with Crippen molar-refractivity contribution in [2.45, 2.75) is 25.3 Å². The normalized spacial score (nSPS) is 11.8. The van der Waals surface area contributed by atoms with Crippen molar-refractivity contribution in [1.29, 1.82) is 0 Å². The number of amides is 2. The van der Waals surface area contributed by atoms with Crippen LogP contribution in [0.5, 0.6) is 0 Å². The third kappa shape index (κ3) is 5.12. The number of carbonyl (C=O) groups excluding carboxylic acids is 1. The zero-order valence-corrected chi connectivity index (χ0v) is 13.6. The molecular weight excluding hydrogens is 304 g/mol. The summed E-state index contributed by atoms with van der Waals surface area (Å²) in [5.41, 5.74) is 2.38. The van der Waals surface area contributed by atoms with E-state index in [9.17, 15) is 9.59 Å². The lowest BCUT2D eigenvalue weighted by atomic mass is 9.88. The number of benzene rings is 2. The first-order chi connectivity index (χ1) is 11.6. The smallest absolute Gasteiger partial charge is 0.405 e. The first kappa shape index (κ1) is 17.5. The van der Waals surface area contributed by atoms with Crippen molar-refractivity contribution < 1.29 is 14.7 Å². The molecule has 5 heteroatoms. The van der Waals surface area contributed by atoms with E-state index >= 15 is 0 Å². The van der Waals surface area contributed by atoms with Gasteiger partial charge in [0, 0.05) is 12.5 Å². The summed E-state index contributed by atoms with van der Waals surface area (Å²) in [5, 5.41) is 13.6. The van der Waals surface area contributed by atoms with Gasteiger partial charge in [-0.15, -0.1) is 0 Å². The molecule has 1 atom stereocenters. The van der Waals surface area contributed by atoms with Crippen LogP contribution in [0.2, 0.25) is 0 Å². The van der Waals surface area contributed by atoms with Crippen LogP contribution in [0.3, 0.4) is 0 Å². The van der Waals surface area contributed by atoms with Crippen LogP contribution < -0.4 is 10.6 Å². The average Bonchev–Trinajstić information content (AvgIpc) is 2.59. The molecule has 2 amide bonds. The van der Waals surface area contributed by atoms with Crippen molar-refractivity contribution in [3.8, 4) is 0 Å². The maximum Gasteiger partial charge on any atom is 0.405 e. The van der Waals surface area contributed by atoms with Gasteiger partial charge >= 0.3 is 6.09 Å². The van der Waals surface area contributed by atoms with Crippen molar-refractivity contribution >= 4 is 12.0 Å².